The Balaban J connectivity index is 2.43. The third-order valence-corrected chi connectivity index (χ3v) is 6.19. The van der Waals surface area contributed by atoms with Crippen molar-refractivity contribution in [3.05, 3.63) is 50.2 Å². The van der Waals surface area contributed by atoms with Crippen LogP contribution in [0.5, 0.6) is 5.75 Å². The maximum atomic E-state index is 12.7. The maximum absolute atomic E-state index is 12.7. The van der Waals surface area contributed by atoms with Crippen LogP contribution in [0.2, 0.25) is 0 Å². The van der Waals surface area contributed by atoms with Gasteiger partial charge in [0.05, 0.1) is 28.3 Å². The van der Waals surface area contributed by atoms with Gasteiger partial charge in [-0.3, -0.25) is 4.79 Å². The molecule has 2 aromatic rings. The molecule has 9 heteroatoms. The second-order valence-electron chi connectivity index (χ2n) is 8.25. The first-order valence-electron chi connectivity index (χ1n) is 10.1. The number of nitrogens with two attached hydrogens (primary N) is 4. The van der Waals surface area contributed by atoms with E-state index < -0.39 is 5.97 Å². The van der Waals surface area contributed by atoms with E-state index in [9.17, 15) is 19.8 Å². The van der Waals surface area contributed by atoms with Gasteiger partial charge in [-0.25, -0.2) is 4.79 Å². The fourth-order valence-electron chi connectivity index (χ4n) is 4.37. The Morgan fingerprint density at radius 3 is 2.06 bits per heavy atom. The number of phenolic OH excluding ortho intramolecular Hbond substituents is 1. The first kappa shape index (κ1) is 21.8. The number of nitrogen functional groups attached to an aromatic ring is 4. The predicted molar refractivity (Wildman–Crippen MR) is 130 cm³/mol. The summed E-state index contributed by atoms with van der Waals surface area (Å²) in [5.74, 6) is -1.08. The minimum atomic E-state index is -1.34. The molecular formula is C24H24N4O5. The van der Waals surface area contributed by atoms with Crippen LogP contribution >= 0.6 is 0 Å². The van der Waals surface area contributed by atoms with Gasteiger partial charge in [0, 0.05) is 33.2 Å². The van der Waals surface area contributed by atoms with Gasteiger partial charge < -0.3 is 37.6 Å². The Labute approximate surface area is 188 Å². The van der Waals surface area contributed by atoms with E-state index in [-0.39, 0.29) is 56.4 Å². The Kier molecular flexibility index (Phi) is 4.67. The van der Waals surface area contributed by atoms with Crippen LogP contribution in [-0.4, -0.2) is 16.2 Å². The highest BCUT2D eigenvalue weighted by atomic mass is 16.4. The van der Waals surface area contributed by atoms with Crippen LogP contribution in [-0.2, 0) is 0 Å². The molecule has 33 heavy (non-hydrogen) atoms. The molecule has 0 spiro atoms. The van der Waals surface area contributed by atoms with Gasteiger partial charge in [-0.05, 0) is 51.0 Å². The Hall–Kier alpha value is -4.40. The van der Waals surface area contributed by atoms with Crippen LogP contribution < -0.4 is 28.4 Å². The molecule has 0 amide bonds. The monoisotopic (exact) mass is 448 g/mol. The first-order valence-corrected chi connectivity index (χ1v) is 10.1. The lowest BCUT2D eigenvalue weighted by Gasteiger charge is -2.23. The van der Waals surface area contributed by atoms with Crippen molar-refractivity contribution in [3.8, 4) is 28.2 Å². The van der Waals surface area contributed by atoms with Gasteiger partial charge in [0.1, 0.15) is 17.1 Å². The molecule has 0 unspecified atom stereocenters. The molecule has 0 bridgehead atoms. The molecule has 10 N–H and O–H groups in total. The molecule has 0 saturated heterocycles. The molecule has 1 heterocycles. The smallest absolute Gasteiger partial charge is 0.338 e. The van der Waals surface area contributed by atoms with Gasteiger partial charge >= 0.3 is 5.97 Å². The van der Waals surface area contributed by atoms with Crippen molar-refractivity contribution < 1.29 is 19.4 Å². The Bertz CT molecular complexity index is 1550. The van der Waals surface area contributed by atoms with Crippen LogP contribution in [0, 0.1) is 27.7 Å². The molecule has 1 aliphatic heterocycles. The van der Waals surface area contributed by atoms with Crippen LogP contribution in [0.3, 0.4) is 0 Å². The summed E-state index contributed by atoms with van der Waals surface area (Å²) in [7, 11) is 0. The third-order valence-electron chi connectivity index (χ3n) is 6.19. The molecule has 2 aromatic carbocycles. The fourth-order valence-corrected chi connectivity index (χ4v) is 4.37. The predicted octanol–water partition coefficient (Wildman–Crippen LogP) is 3.53. The van der Waals surface area contributed by atoms with E-state index >= 15 is 0 Å². The standard InChI is InChI=1S/C24H24N4O5/c1-7-5-11-13(14-15(24(31)32)17(26)19(28)18(27)16(14)25)12-6-8(2)21(30)10(4)23(12)33-22(11)9(3)20(7)29/h5-6,29H,25-28H2,1-4H3,(H,31,32). The number of benzene rings is 3. The summed E-state index contributed by atoms with van der Waals surface area (Å²) >= 11 is 0. The molecule has 1 aliphatic carbocycles. The van der Waals surface area contributed by atoms with E-state index in [1.54, 1.807) is 39.8 Å². The van der Waals surface area contributed by atoms with Crippen molar-refractivity contribution in [2.45, 2.75) is 27.7 Å². The number of phenols is 1. The molecule has 2 aliphatic rings. The molecule has 170 valence electrons. The van der Waals surface area contributed by atoms with E-state index in [2.05, 4.69) is 0 Å². The quantitative estimate of drug-likeness (QED) is 0.196. The van der Waals surface area contributed by atoms with Crippen molar-refractivity contribution in [2.24, 2.45) is 0 Å². The van der Waals surface area contributed by atoms with Crippen molar-refractivity contribution in [1.29, 1.82) is 0 Å². The normalized spacial score (nSPS) is 11.4. The van der Waals surface area contributed by atoms with E-state index in [0.717, 1.165) is 0 Å². The zero-order valence-electron chi connectivity index (χ0n) is 18.6. The summed E-state index contributed by atoms with van der Waals surface area (Å²) in [5.41, 5.74) is 26.4. The molecule has 4 rings (SSSR count). The lowest BCUT2D eigenvalue weighted by atomic mass is 9.85. The number of hydrogen-bond donors (Lipinski definition) is 6. The van der Waals surface area contributed by atoms with E-state index in [1.807, 2.05) is 0 Å². The van der Waals surface area contributed by atoms with Crippen molar-refractivity contribution in [1.82, 2.24) is 0 Å². The van der Waals surface area contributed by atoms with E-state index in [1.165, 1.54) is 0 Å². The number of fused-ring (bicyclic) bond motifs is 2. The zero-order valence-corrected chi connectivity index (χ0v) is 18.6. The third kappa shape index (κ3) is 2.85. The number of carboxylic acid groups (broad SMARTS) is 1. The molecule has 9 nitrogen and oxygen atoms in total. The minimum absolute atomic E-state index is 0.0198. The van der Waals surface area contributed by atoms with Crippen molar-refractivity contribution in [2.75, 3.05) is 22.9 Å². The highest BCUT2D eigenvalue weighted by molar-refractivity contribution is 6.17. The molecule has 0 atom stereocenters. The molecule has 0 fully saturated rings. The highest BCUT2D eigenvalue weighted by Gasteiger charge is 2.30. The molecular weight excluding hydrogens is 424 g/mol. The lowest BCUT2D eigenvalue weighted by Crippen LogP contribution is -2.15. The number of aryl methyl sites for hydroxylation is 3. The summed E-state index contributed by atoms with van der Waals surface area (Å²) in [6, 6.07) is 3.29. The van der Waals surface area contributed by atoms with Gasteiger partial charge in [0.15, 0.2) is 5.43 Å². The lowest BCUT2D eigenvalue weighted by molar-refractivity contribution is 0.0699. The van der Waals surface area contributed by atoms with Crippen LogP contribution in [0.15, 0.2) is 21.3 Å². The average molecular weight is 448 g/mol. The number of aromatic hydroxyl groups is 1. The number of carboxylic acids is 1. The van der Waals surface area contributed by atoms with Crippen LogP contribution in [0.4, 0.5) is 22.7 Å². The number of hydrogen-bond acceptors (Lipinski definition) is 8. The summed E-state index contributed by atoms with van der Waals surface area (Å²) in [5, 5.41) is 21.1. The van der Waals surface area contributed by atoms with Gasteiger partial charge in [0.2, 0.25) is 0 Å². The van der Waals surface area contributed by atoms with Gasteiger partial charge in [-0.15, -0.1) is 0 Å². The molecule has 0 saturated carbocycles. The van der Waals surface area contributed by atoms with Gasteiger partial charge in [-0.1, -0.05) is 0 Å². The minimum Gasteiger partial charge on any atom is -0.507 e. The summed E-state index contributed by atoms with van der Waals surface area (Å²) in [6.07, 6.45) is 0. The summed E-state index contributed by atoms with van der Waals surface area (Å²) in [6.45, 7) is 6.65. The highest BCUT2D eigenvalue weighted by Crippen LogP contribution is 2.50. The Morgan fingerprint density at radius 2 is 1.45 bits per heavy atom. The SMILES string of the molecule is Cc1cc2c(-c3c(N)c(N)c(N)c(N)c3C(=O)O)c3cc(C)c(=O)c(C)c-3oc2c(C)c1O. The second kappa shape index (κ2) is 7.06. The number of carbonyl (C=O) groups is 1. The molecule has 0 radical (unpaired) electrons. The second-order valence-corrected chi connectivity index (χ2v) is 8.25. The van der Waals surface area contributed by atoms with Gasteiger partial charge in [-0.2, -0.15) is 0 Å². The topological polar surface area (TPSA) is 192 Å². The van der Waals surface area contributed by atoms with Crippen molar-refractivity contribution in [3.63, 3.8) is 0 Å². The number of aromatic carboxylic acids is 1. The van der Waals surface area contributed by atoms with E-state index in [4.69, 9.17) is 27.4 Å². The number of rotatable bonds is 2. The number of anilines is 4. The van der Waals surface area contributed by atoms with Crippen LogP contribution in [0.25, 0.3) is 33.4 Å². The van der Waals surface area contributed by atoms with Crippen LogP contribution in [0.1, 0.15) is 32.6 Å². The zero-order chi connectivity index (χ0) is 24.5. The largest absolute Gasteiger partial charge is 0.507 e. The first-order chi connectivity index (χ1) is 15.4. The maximum Gasteiger partial charge on any atom is 0.338 e. The molecule has 0 aromatic heterocycles. The van der Waals surface area contributed by atoms with Gasteiger partial charge in [0.25, 0.3) is 0 Å². The summed E-state index contributed by atoms with van der Waals surface area (Å²) in [4.78, 5) is 25.0. The van der Waals surface area contributed by atoms with Crippen molar-refractivity contribution >= 4 is 39.7 Å². The Morgan fingerprint density at radius 1 is 0.848 bits per heavy atom. The summed E-state index contributed by atoms with van der Waals surface area (Å²) < 4.78 is 6.13. The average Bonchev–Trinajstić information content (AvgIpc) is 2.76. The van der Waals surface area contributed by atoms with E-state index in [0.29, 0.717) is 38.8 Å². The fraction of sp³-hybridized carbons (Fsp3) is 0.167.